The zero-order valence-corrected chi connectivity index (χ0v) is 10.9. The van der Waals surface area contributed by atoms with Crippen LogP contribution in [0.1, 0.15) is 11.1 Å². The number of nitro groups is 1. The van der Waals surface area contributed by atoms with E-state index in [0.717, 1.165) is 0 Å². The number of nitrogens with zero attached hydrogens (tertiary/aromatic N) is 3. The molecule has 20 heavy (non-hydrogen) atoms. The van der Waals surface area contributed by atoms with Crippen molar-refractivity contribution in [2.24, 2.45) is 0 Å². The minimum atomic E-state index is -0.508. The lowest BCUT2D eigenvalue weighted by Crippen LogP contribution is -1.90. The van der Waals surface area contributed by atoms with Gasteiger partial charge < -0.3 is 0 Å². The molecular formula is C14H8ClN3O2. The monoisotopic (exact) mass is 285 g/mol. The fourth-order valence-corrected chi connectivity index (χ4v) is 1.93. The first-order valence-corrected chi connectivity index (χ1v) is 5.96. The molecule has 0 amide bonds. The van der Waals surface area contributed by atoms with Gasteiger partial charge in [-0.25, -0.2) is 0 Å². The Hall–Kier alpha value is -2.71. The molecule has 0 saturated carbocycles. The number of rotatable bonds is 3. The fourth-order valence-electron chi connectivity index (χ4n) is 1.66. The Morgan fingerprint density at radius 1 is 1.25 bits per heavy atom. The molecule has 0 saturated heterocycles. The van der Waals surface area contributed by atoms with E-state index < -0.39 is 4.92 Å². The van der Waals surface area contributed by atoms with Crippen molar-refractivity contribution in [2.75, 3.05) is 0 Å². The van der Waals surface area contributed by atoms with Crippen LogP contribution in [0, 0.1) is 21.4 Å². The maximum atomic E-state index is 10.8. The average Bonchev–Trinajstić information content (AvgIpc) is 2.49. The first-order chi connectivity index (χ1) is 9.63. The van der Waals surface area contributed by atoms with Crippen molar-refractivity contribution in [2.45, 2.75) is 0 Å². The topological polar surface area (TPSA) is 79.8 Å². The van der Waals surface area contributed by atoms with Gasteiger partial charge >= 0.3 is 0 Å². The van der Waals surface area contributed by atoms with Gasteiger partial charge in [0.2, 0.25) is 0 Å². The molecule has 6 heteroatoms. The van der Waals surface area contributed by atoms with Crippen LogP contribution in [0.2, 0.25) is 0 Å². The van der Waals surface area contributed by atoms with Gasteiger partial charge in [-0.15, -0.1) is 0 Å². The second kappa shape index (κ2) is 5.95. The van der Waals surface area contributed by atoms with E-state index in [2.05, 4.69) is 4.98 Å². The highest BCUT2D eigenvalue weighted by molar-refractivity contribution is 6.53. The van der Waals surface area contributed by atoms with Crippen molar-refractivity contribution in [1.29, 1.82) is 5.26 Å². The fraction of sp³-hybridized carbons (Fsp3) is 0. The summed E-state index contributed by atoms with van der Waals surface area (Å²) in [4.78, 5) is 14.1. The zero-order valence-electron chi connectivity index (χ0n) is 10.2. The number of hydrogen-bond donors (Lipinski definition) is 0. The summed E-state index contributed by atoms with van der Waals surface area (Å²) in [5, 5.41) is 20.2. The van der Waals surface area contributed by atoms with Crippen molar-refractivity contribution in [3.8, 4) is 6.07 Å². The molecule has 98 valence electrons. The summed E-state index contributed by atoms with van der Waals surface area (Å²) < 4.78 is 0. The van der Waals surface area contributed by atoms with Crippen LogP contribution in [-0.2, 0) is 0 Å². The van der Waals surface area contributed by atoms with Crippen LogP contribution in [0.25, 0.3) is 10.6 Å². The summed E-state index contributed by atoms with van der Waals surface area (Å²) in [7, 11) is 0. The van der Waals surface area contributed by atoms with E-state index in [9.17, 15) is 15.4 Å². The molecule has 0 N–H and O–H groups in total. The molecule has 1 aromatic carbocycles. The number of aromatic nitrogens is 1. The largest absolute Gasteiger partial charge is 0.270 e. The Labute approximate surface area is 119 Å². The molecule has 0 aliphatic heterocycles. The predicted octanol–water partition coefficient (Wildman–Crippen LogP) is 3.62. The number of hydrogen-bond acceptors (Lipinski definition) is 4. The molecule has 0 aliphatic carbocycles. The lowest BCUT2D eigenvalue weighted by Gasteiger charge is -2.04. The minimum absolute atomic E-state index is 0.0762. The third-order valence-corrected chi connectivity index (χ3v) is 3.02. The summed E-state index contributed by atoms with van der Waals surface area (Å²) in [6.07, 6.45) is 3.09. The Kier molecular flexibility index (Phi) is 4.08. The van der Waals surface area contributed by atoms with E-state index >= 15 is 0 Å². The molecule has 0 fully saturated rings. The third kappa shape index (κ3) is 2.82. The summed E-state index contributed by atoms with van der Waals surface area (Å²) >= 11 is 6.20. The van der Waals surface area contributed by atoms with Gasteiger partial charge in [0.15, 0.2) is 0 Å². The number of pyridine rings is 1. The van der Waals surface area contributed by atoms with E-state index in [-0.39, 0.29) is 16.3 Å². The second-order valence-corrected chi connectivity index (χ2v) is 4.22. The highest BCUT2D eigenvalue weighted by Crippen LogP contribution is 2.30. The zero-order chi connectivity index (χ0) is 14.5. The van der Waals surface area contributed by atoms with Crippen LogP contribution >= 0.6 is 11.6 Å². The van der Waals surface area contributed by atoms with Crippen molar-refractivity contribution in [3.05, 3.63) is 70.0 Å². The van der Waals surface area contributed by atoms with Crippen LogP contribution in [0.5, 0.6) is 0 Å². The molecule has 0 atom stereocenters. The molecule has 5 nitrogen and oxygen atoms in total. The average molecular weight is 286 g/mol. The van der Waals surface area contributed by atoms with Crippen LogP contribution < -0.4 is 0 Å². The van der Waals surface area contributed by atoms with Gasteiger partial charge in [0.25, 0.3) is 5.69 Å². The molecular weight excluding hydrogens is 278 g/mol. The Morgan fingerprint density at radius 2 is 1.95 bits per heavy atom. The van der Waals surface area contributed by atoms with E-state index in [1.54, 1.807) is 30.6 Å². The quantitative estimate of drug-likeness (QED) is 0.490. The maximum Gasteiger partial charge on any atom is 0.270 e. The highest BCUT2D eigenvalue weighted by atomic mass is 35.5. The SMILES string of the molecule is N#C/C(=C(\Cl)c1cccc([N+](=O)[O-])c1)c1ccncc1. The van der Waals surface area contributed by atoms with Gasteiger partial charge in [0.05, 0.1) is 15.5 Å². The number of non-ortho nitro benzene ring substituents is 1. The molecule has 0 radical (unpaired) electrons. The Morgan fingerprint density at radius 3 is 2.55 bits per heavy atom. The molecule has 2 rings (SSSR count). The van der Waals surface area contributed by atoms with E-state index in [1.807, 2.05) is 6.07 Å². The molecule has 0 unspecified atom stereocenters. The summed E-state index contributed by atoms with van der Waals surface area (Å²) in [5.74, 6) is 0. The normalized spacial score (nSPS) is 11.4. The smallest absolute Gasteiger partial charge is 0.265 e. The van der Waals surface area contributed by atoms with Gasteiger partial charge in [0.1, 0.15) is 6.07 Å². The molecule has 0 aliphatic rings. The number of halogens is 1. The standard InChI is InChI=1S/C14H8ClN3O2/c15-14(11-2-1-3-12(8-11)18(19)20)13(9-16)10-4-6-17-7-5-10/h1-8H/b14-13+. The predicted molar refractivity (Wildman–Crippen MR) is 75.6 cm³/mol. The molecule has 0 spiro atoms. The van der Waals surface area contributed by atoms with Crippen LogP contribution in [0.15, 0.2) is 48.8 Å². The molecule has 1 aromatic heterocycles. The summed E-state index contributed by atoms with van der Waals surface area (Å²) in [5.41, 5.74) is 1.20. The van der Waals surface area contributed by atoms with Gasteiger partial charge in [0, 0.05) is 30.1 Å². The minimum Gasteiger partial charge on any atom is -0.265 e. The first kappa shape index (κ1) is 13.7. The van der Waals surface area contributed by atoms with Gasteiger partial charge in [-0.2, -0.15) is 5.26 Å². The maximum absolute atomic E-state index is 10.8. The third-order valence-electron chi connectivity index (χ3n) is 2.61. The van der Waals surface area contributed by atoms with Gasteiger partial charge in [-0.05, 0) is 17.7 Å². The molecule has 0 bridgehead atoms. The molecule has 2 aromatic rings. The highest BCUT2D eigenvalue weighted by Gasteiger charge is 2.12. The Balaban J connectivity index is 2.55. The van der Waals surface area contributed by atoms with Gasteiger partial charge in [-0.1, -0.05) is 23.7 Å². The van der Waals surface area contributed by atoms with Crippen LogP contribution in [0.3, 0.4) is 0 Å². The van der Waals surface area contributed by atoms with Crippen molar-refractivity contribution in [1.82, 2.24) is 4.98 Å². The van der Waals surface area contributed by atoms with Crippen LogP contribution in [0.4, 0.5) is 5.69 Å². The van der Waals surface area contributed by atoms with Gasteiger partial charge in [-0.3, -0.25) is 15.1 Å². The number of nitriles is 1. The lowest BCUT2D eigenvalue weighted by atomic mass is 10.0. The van der Waals surface area contributed by atoms with E-state index in [0.29, 0.717) is 11.1 Å². The molecule has 1 heterocycles. The summed E-state index contributed by atoms with van der Waals surface area (Å²) in [6, 6.07) is 11.2. The number of nitro benzene ring substituents is 1. The number of allylic oxidation sites excluding steroid dienone is 1. The van der Waals surface area contributed by atoms with Crippen molar-refractivity contribution in [3.63, 3.8) is 0 Å². The number of benzene rings is 1. The van der Waals surface area contributed by atoms with E-state index in [4.69, 9.17) is 11.6 Å². The summed E-state index contributed by atoms with van der Waals surface area (Å²) in [6.45, 7) is 0. The second-order valence-electron chi connectivity index (χ2n) is 3.84. The van der Waals surface area contributed by atoms with Crippen molar-refractivity contribution >= 4 is 27.9 Å². The first-order valence-electron chi connectivity index (χ1n) is 5.58. The van der Waals surface area contributed by atoms with Crippen LogP contribution in [-0.4, -0.2) is 9.91 Å². The van der Waals surface area contributed by atoms with E-state index in [1.165, 1.54) is 18.2 Å². The van der Waals surface area contributed by atoms with Crippen molar-refractivity contribution < 1.29 is 4.92 Å². The lowest BCUT2D eigenvalue weighted by molar-refractivity contribution is -0.384. The Bertz CT molecular complexity index is 721.